The molecule has 88 valence electrons. The zero-order valence-electron chi connectivity index (χ0n) is 9.09. The number of carbonyl (C=O) groups excluding carboxylic acids is 1. The summed E-state index contributed by atoms with van der Waals surface area (Å²) in [4.78, 5) is 15.6. The molecule has 0 saturated carbocycles. The average Bonchev–Trinajstić information content (AvgIpc) is 2.27. The minimum absolute atomic E-state index is 0.171. The number of rotatable bonds is 5. The van der Waals surface area contributed by atoms with Crippen LogP contribution in [0.5, 0.6) is 0 Å². The Balaban J connectivity index is 2.55. The number of halogens is 2. The Morgan fingerprint density at radius 1 is 1.56 bits per heavy atom. The molecule has 0 aliphatic carbocycles. The van der Waals surface area contributed by atoms with Crippen LogP contribution in [0.2, 0.25) is 5.15 Å². The minimum Gasteiger partial charge on any atom is -0.352 e. The third-order valence-electron chi connectivity index (χ3n) is 2.12. The molecule has 1 amide bonds. The molecule has 0 fully saturated rings. The van der Waals surface area contributed by atoms with Gasteiger partial charge >= 0.3 is 0 Å². The first-order valence-electron chi connectivity index (χ1n) is 5.24. The lowest BCUT2D eigenvalue weighted by Gasteiger charge is -2.06. The van der Waals surface area contributed by atoms with E-state index in [9.17, 15) is 4.79 Å². The van der Waals surface area contributed by atoms with E-state index in [0.717, 1.165) is 23.7 Å². The summed E-state index contributed by atoms with van der Waals surface area (Å²) in [5, 5.41) is 3.05. The minimum atomic E-state index is -0.171. The van der Waals surface area contributed by atoms with Crippen LogP contribution < -0.4 is 5.32 Å². The standard InChI is InChI=1S/C11H14BrClN2O/c1-2-3-4-5-14-11(16)9-6-8(12)7-15-10(9)13/h6-7H,2-5H2,1H3,(H,14,16). The summed E-state index contributed by atoms with van der Waals surface area (Å²) in [7, 11) is 0. The van der Waals surface area contributed by atoms with Crippen molar-refractivity contribution in [2.75, 3.05) is 6.54 Å². The second-order valence-corrected chi connectivity index (χ2v) is 4.73. The Kier molecular flexibility index (Phi) is 5.77. The molecule has 0 bridgehead atoms. The van der Waals surface area contributed by atoms with Crippen LogP contribution in [0.1, 0.15) is 36.5 Å². The fraction of sp³-hybridized carbons (Fsp3) is 0.455. The molecule has 0 aliphatic rings. The molecule has 0 aromatic carbocycles. The van der Waals surface area contributed by atoms with Gasteiger partial charge in [-0.05, 0) is 28.4 Å². The smallest absolute Gasteiger partial charge is 0.254 e. The van der Waals surface area contributed by atoms with Crippen LogP contribution >= 0.6 is 27.5 Å². The van der Waals surface area contributed by atoms with E-state index in [-0.39, 0.29) is 11.1 Å². The van der Waals surface area contributed by atoms with Gasteiger partial charge in [0.2, 0.25) is 0 Å². The summed E-state index contributed by atoms with van der Waals surface area (Å²) in [6.07, 6.45) is 4.80. The molecule has 0 aliphatic heterocycles. The van der Waals surface area contributed by atoms with Gasteiger partial charge in [-0.2, -0.15) is 0 Å². The lowest BCUT2D eigenvalue weighted by atomic mass is 10.2. The summed E-state index contributed by atoms with van der Waals surface area (Å²) < 4.78 is 0.746. The van der Waals surface area contributed by atoms with Gasteiger partial charge in [0.25, 0.3) is 5.91 Å². The van der Waals surface area contributed by atoms with Crippen LogP contribution in [0, 0.1) is 0 Å². The lowest BCUT2D eigenvalue weighted by molar-refractivity contribution is 0.0952. The molecule has 1 heterocycles. The third kappa shape index (κ3) is 4.10. The second-order valence-electron chi connectivity index (χ2n) is 3.45. The van der Waals surface area contributed by atoms with Crippen LogP contribution in [0.3, 0.4) is 0 Å². The van der Waals surface area contributed by atoms with Crippen molar-refractivity contribution >= 4 is 33.4 Å². The fourth-order valence-corrected chi connectivity index (χ4v) is 1.77. The van der Waals surface area contributed by atoms with Gasteiger partial charge in [0.15, 0.2) is 0 Å². The van der Waals surface area contributed by atoms with Crippen molar-refractivity contribution in [1.29, 1.82) is 0 Å². The van der Waals surface area contributed by atoms with Crippen molar-refractivity contribution in [3.05, 3.63) is 27.5 Å². The van der Waals surface area contributed by atoms with Gasteiger partial charge in [0.1, 0.15) is 5.15 Å². The Labute approximate surface area is 109 Å². The summed E-state index contributed by atoms with van der Waals surface area (Å²) in [6.45, 7) is 2.80. The van der Waals surface area contributed by atoms with Gasteiger partial charge in [-0.1, -0.05) is 31.4 Å². The van der Waals surface area contributed by atoms with Crippen LogP contribution in [-0.4, -0.2) is 17.4 Å². The highest BCUT2D eigenvalue weighted by Crippen LogP contribution is 2.17. The van der Waals surface area contributed by atoms with Gasteiger partial charge in [0, 0.05) is 17.2 Å². The van der Waals surface area contributed by atoms with Crippen LogP contribution in [-0.2, 0) is 0 Å². The first-order valence-corrected chi connectivity index (χ1v) is 6.41. The monoisotopic (exact) mass is 304 g/mol. The predicted molar refractivity (Wildman–Crippen MR) is 68.8 cm³/mol. The number of nitrogens with zero attached hydrogens (tertiary/aromatic N) is 1. The first kappa shape index (κ1) is 13.5. The van der Waals surface area contributed by atoms with Crippen molar-refractivity contribution in [1.82, 2.24) is 10.3 Å². The Morgan fingerprint density at radius 2 is 2.31 bits per heavy atom. The SMILES string of the molecule is CCCCCNC(=O)c1cc(Br)cnc1Cl. The van der Waals surface area contributed by atoms with Gasteiger partial charge in [0.05, 0.1) is 5.56 Å². The van der Waals surface area contributed by atoms with E-state index in [1.807, 2.05) is 0 Å². The van der Waals surface area contributed by atoms with E-state index in [2.05, 4.69) is 33.2 Å². The maximum absolute atomic E-state index is 11.7. The Bertz CT molecular complexity index is 371. The molecule has 3 nitrogen and oxygen atoms in total. The zero-order valence-corrected chi connectivity index (χ0v) is 11.4. The molecule has 1 rings (SSSR count). The maximum Gasteiger partial charge on any atom is 0.254 e. The molecule has 0 atom stereocenters. The number of amides is 1. The van der Waals surface area contributed by atoms with Crippen molar-refractivity contribution < 1.29 is 4.79 Å². The number of pyridine rings is 1. The fourth-order valence-electron chi connectivity index (χ4n) is 1.25. The number of aromatic nitrogens is 1. The number of hydrogen-bond acceptors (Lipinski definition) is 2. The molecule has 1 aromatic rings. The van der Waals surface area contributed by atoms with Crippen LogP contribution in [0.4, 0.5) is 0 Å². The molecule has 1 N–H and O–H groups in total. The van der Waals surface area contributed by atoms with Gasteiger partial charge < -0.3 is 5.32 Å². The zero-order chi connectivity index (χ0) is 12.0. The summed E-state index contributed by atoms with van der Waals surface area (Å²) in [5.41, 5.74) is 0.410. The van der Waals surface area contributed by atoms with E-state index >= 15 is 0 Å². The number of unbranched alkanes of at least 4 members (excludes halogenated alkanes) is 2. The van der Waals surface area contributed by atoms with Crippen molar-refractivity contribution in [3.63, 3.8) is 0 Å². The topological polar surface area (TPSA) is 42.0 Å². The molecule has 5 heteroatoms. The van der Waals surface area contributed by atoms with Gasteiger partial charge in [-0.3, -0.25) is 4.79 Å². The van der Waals surface area contributed by atoms with E-state index in [1.54, 1.807) is 12.3 Å². The summed E-state index contributed by atoms with van der Waals surface area (Å²) >= 11 is 9.09. The normalized spacial score (nSPS) is 10.2. The van der Waals surface area contributed by atoms with Gasteiger partial charge in [-0.15, -0.1) is 0 Å². The lowest BCUT2D eigenvalue weighted by Crippen LogP contribution is -2.24. The molecule has 1 aromatic heterocycles. The van der Waals surface area contributed by atoms with Crippen LogP contribution in [0.15, 0.2) is 16.7 Å². The summed E-state index contributed by atoms with van der Waals surface area (Å²) in [6, 6.07) is 1.67. The second kappa shape index (κ2) is 6.86. The van der Waals surface area contributed by atoms with Crippen LogP contribution in [0.25, 0.3) is 0 Å². The molecule has 0 spiro atoms. The third-order valence-corrected chi connectivity index (χ3v) is 2.85. The molecule has 0 saturated heterocycles. The van der Waals surface area contributed by atoms with E-state index in [1.165, 1.54) is 0 Å². The van der Waals surface area contributed by atoms with E-state index in [4.69, 9.17) is 11.6 Å². The molecular formula is C11H14BrClN2O. The molecule has 0 radical (unpaired) electrons. The molecular weight excluding hydrogens is 291 g/mol. The largest absolute Gasteiger partial charge is 0.352 e. The molecule has 16 heavy (non-hydrogen) atoms. The highest BCUT2D eigenvalue weighted by molar-refractivity contribution is 9.10. The van der Waals surface area contributed by atoms with E-state index in [0.29, 0.717) is 12.1 Å². The highest BCUT2D eigenvalue weighted by atomic mass is 79.9. The van der Waals surface area contributed by atoms with E-state index < -0.39 is 0 Å². The van der Waals surface area contributed by atoms with Crippen molar-refractivity contribution in [3.8, 4) is 0 Å². The Hall–Kier alpha value is -0.610. The highest BCUT2D eigenvalue weighted by Gasteiger charge is 2.11. The predicted octanol–water partition coefficient (Wildman–Crippen LogP) is 3.42. The maximum atomic E-state index is 11.7. The average molecular weight is 306 g/mol. The number of nitrogens with one attached hydrogen (secondary N) is 1. The molecule has 0 unspecified atom stereocenters. The van der Waals surface area contributed by atoms with Crippen molar-refractivity contribution in [2.24, 2.45) is 0 Å². The Morgan fingerprint density at radius 3 is 3.00 bits per heavy atom. The first-order chi connectivity index (χ1) is 7.65. The number of carbonyl (C=O) groups is 1. The number of hydrogen-bond donors (Lipinski definition) is 1. The summed E-state index contributed by atoms with van der Waals surface area (Å²) in [5.74, 6) is -0.171. The van der Waals surface area contributed by atoms with Gasteiger partial charge in [-0.25, -0.2) is 4.98 Å². The quantitative estimate of drug-likeness (QED) is 0.669. The van der Waals surface area contributed by atoms with Crippen molar-refractivity contribution in [2.45, 2.75) is 26.2 Å².